The molecule has 0 fully saturated rings. The van der Waals surface area contributed by atoms with Gasteiger partial charge < -0.3 is 0 Å². The fourth-order valence-electron chi connectivity index (χ4n) is 3.46. The van der Waals surface area contributed by atoms with Gasteiger partial charge in [0.2, 0.25) is 0 Å². The number of rotatable bonds is 0. The zero-order chi connectivity index (χ0) is 17.3. The summed E-state index contributed by atoms with van der Waals surface area (Å²) < 4.78 is 0.659. The van der Waals surface area contributed by atoms with E-state index in [4.69, 9.17) is 0 Å². The van der Waals surface area contributed by atoms with E-state index in [-0.39, 0.29) is 32.5 Å². The Kier molecular flexibility index (Phi) is 2.79. The van der Waals surface area contributed by atoms with Crippen LogP contribution >= 0.6 is 0 Å². The topological polar surface area (TPSA) is 68.3 Å². The van der Waals surface area contributed by atoms with Crippen molar-refractivity contribution in [2.45, 2.75) is 0 Å². The molecule has 0 spiro atoms. The molecule has 0 radical (unpaired) electrons. The van der Waals surface area contributed by atoms with Gasteiger partial charge in [0.05, 0.1) is 0 Å². The van der Waals surface area contributed by atoms with E-state index in [9.17, 15) is 19.2 Å². The first kappa shape index (κ1) is 14.5. The van der Waals surface area contributed by atoms with Gasteiger partial charge in [-0.1, -0.05) is 0 Å². The van der Waals surface area contributed by atoms with E-state index in [0.29, 0.717) is 30.1 Å². The van der Waals surface area contributed by atoms with Crippen molar-refractivity contribution in [3.05, 3.63) is 89.4 Å². The molecule has 0 aliphatic heterocycles. The van der Waals surface area contributed by atoms with E-state index in [2.05, 4.69) is 0 Å². The average molecular weight is 391 g/mol. The van der Waals surface area contributed by atoms with Crippen molar-refractivity contribution in [1.82, 2.24) is 0 Å². The molecule has 5 heteroatoms. The minimum absolute atomic E-state index is 0.145. The second kappa shape index (κ2) is 4.82. The molecule has 5 aromatic rings. The van der Waals surface area contributed by atoms with Crippen molar-refractivity contribution in [3.63, 3.8) is 0 Å². The third-order valence-electron chi connectivity index (χ3n) is 4.61. The molecular formula is C20H8O4Se. The Morgan fingerprint density at radius 3 is 1.16 bits per heavy atom. The van der Waals surface area contributed by atoms with Gasteiger partial charge in [-0.2, -0.15) is 0 Å². The van der Waals surface area contributed by atoms with E-state index in [0.717, 1.165) is 0 Å². The van der Waals surface area contributed by atoms with Crippen LogP contribution < -0.4 is 21.7 Å². The molecule has 0 bridgehead atoms. The summed E-state index contributed by atoms with van der Waals surface area (Å²) in [5.74, 6) is 0. The minimum atomic E-state index is -0.634. The molecule has 118 valence electrons. The summed E-state index contributed by atoms with van der Waals surface area (Å²) in [7, 11) is 0. The molecule has 1 heterocycles. The Balaban J connectivity index is 2.26. The van der Waals surface area contributed by atoms with Crippen LogP contribution in [0.25, 0.3) is 40.8 Å². The summed E-state index contributed by atoms with van der Waals surface area (Å²) in [5, 5.41) is 1.60. The van der Waals surface area contributed by atoms with Crippen LogP contribution in [-0.4, -0.2) is 14.5 Å². The number of hydrogen-bond donors (Lipinski definition) is 0. The molecule has 0 N–H and O–H groups in total. The van der Waals surface area contributed by atoms with Gasteiger partial charge >= 0.3 is 145 Å². The predicted octanol–water partition coefficient (Wildman–Crippen LogP) is 1.67. The molecular weight excluding hydrogens is 383 g/mol. The van der Waals surface area contributed by atoms with Gasteiger partial charge in [-0.3, -0.25) is 0 Å². The van der Waals surface area contributed by atoms with Crippen LogP contribution in [0.1, 0.15) is 0 Å². The number of hydrogen-bond acceptors (Lipinski definition) is 4. The van der Waals surface area contributed by atoms with Crippen LogP contribution in [0, 0.1) is 0 Å². The van der Waals surface area contributed by atoms with Gasteiger partial charge in [0.25, 0.3) is 0 Å². The molecule has 4 nitrogen and oxygen atoms in total. The molecule has 4 aromatic carbocycles. The summed E-state index contributed by atoms with van der Waals surface area (Å²) in [5.41, 5.74) is -1.16. The summed E-state index contributed by atoms with van der Waals surface area (Å²) in [4.78, 5) is 51.6. The second-order valence-electron chi connectivity index (χ2n) is 5.92. The molecule has 0 aliphatic rings. The van der Waals surface area contributed by atoms with Crippen molar-refractivity contribution < 1.29 is 0 Å². The molecule has 0 aliphatic carbocycles. The van der Waals surface area contributed by atoms with E-state index < -0.39 is 14.5 Å². The third-order valence-corrected chi connectivity index (χ3v) is 7.10. The van der Waals surface area contributed by atoms with Crippen molar-refractivity contribution in [3.8, 4) is 0 Å². The fraction of sp³-hybridized carbons (Fsp3) is 0. The van der Waals surface area contributed by atoms with Crippen LogP contribution in [0.3, 0.4) is 0 Å². The standard InChI is InChI=1S/C20H8O4Se/c21-15-9-5-1-3-7-11(9)17(23)19-13(15)14-16(22)10-6-2-4-8-12(10)18(24)20(14)25-19/h1-8H. The van der Waals surface area contributed by atoms with Crippen molar-refractivity contribution in [2.75, 3.05) is 0 Å². The van der Waals surface area contributed by atoms with E-state index in [1.807, 2.05) is 0 Å². The average Bonchev–Trinajstić information content (AvgIpc) is 3.06. The molecule has 25 heavy (non-hydrogen) atoms. The van der Waals surface area contributed by atoms with Crippen LogP contribution in [0.15, 0.2) is 67.7 Å². The van der Waals surface area contributed by atoms with Gasteiger partial charge in [-0.15, -0.1) is 0 Å². The number of fused-ring (bicyclic) bond motifs is 5. The maximum atomic E-state index is 13.0. The van der Waals surface area contributed by atoms with Crippen molar-refractivity contribution in [1.29, 1.82) is 0 Å². The summed E-state index contributed by atoms with van der Waals surface area (Å²) in [6.07, 6.45) is 0. The molecule has 5 rings (SSSR count). The quantitative estimate of drug-likeness (QED) is 0.377. The first-order chi connectivity index (χ1) is 12.1. The fourth-order valence-corrected chi connectivity index (χ4v) is 5.98. The van der Waals surface area contributed by atoms with Crippen molar-refractivity contribution in [2.24, 2.45) is 0 Å². The van der Waals surface area contributed by atoms with E-state index >= 15 is 0 Å². The van der Waals surface area contributed by atoms with Gasteiger partial charge in [0, 0.05) is 0 Å². The maximum absolute atomic E-state index is 13.0. The van der Waals surface area contributed by atoms with Crippen LogP contribution in [0.4, 0.5) is 0 Å². The Hall–Kier alpha value is -2.88. The molecule has 0 saturated heterocycles. The summed E-state index contributed by atoms with van der Waals surface area (Å²) >= 11 is -0.634. The number of benzene rings is 4. The molecule has 1 aromatic heterocycles. The van der Waals surface area contributed by atoms with Gasteiger partial charge in [0.15, 0.2) is 0 Å². The SMILES string of the molecule is O=c1c2ccccc2c(=O)c2c1[se]c1c(=O)c3ccccc3c(=O)c12. The Labute approximate surface area is 145 Å². The van der Waals surface area contributed by atoms with E-state index in [1.54, 1.807) is 48.5 Å². The molecule has 0 amide bonds. The first-order valence-electron chi connectivity index (χ1n) is 7.63. The predicted molar refractivity (Wildman–Crippen MR) is 101 cm³/mol. The summed E-state index contributed by atoms with van der Waals surface area (Å²) in [6, 6.07) is 13.2. The normalized spacial score (nSPS) is 11.8. The van der Waals surface area contributed by atoms with Crippen LogP contribution in [0.5, 0.6) is 0 Å². The first-order valence-corrected chi connectivity index (χ1v) is 9.34. The molecule has 0 unspecified atom stereocenters. The van der Waals surface area contributed by atoms with Crippen LogP contribution in [0.2, 0.25) is 0 Å². The van der Waals surface area contributed by atoms with Gasteiger partial charge in [-0.25, -0.2) is 0 Å². The molecule has 0 atom stereocenters. The third kappa shape index (κ3) is 1.71. The van der Waals surface area contributed by atoms with Gasteiger partial charge in [0.1, 0.15) is 0 Å². The Morgan fingerprint density at radius 2 is 0.800 bits per heavy atom. The summed E-state index contributed by atoms with van der Waals surface area (Å²) in [6.45, 7) is 0. The monoisotopic (exact) mass is 392 g/mol. The van der Waals surface area contributed by atoms with Crippen LogP contribution in [-0.2, 0) is 0 Å². The molecule has 0 saturated carbocycles. The van der Waals surface area contributed by atoms with E-state index in [1.165, 1.54) is 0 Å². The second-order valence-corrected chi connectivity index (χ2v) is 8.06. The van der Waals surface area contributed by atoms with Crippen molar-refractivity contribution >= 4 is 55.3 Å². The zero-order valence-electron chi connectivity index (χ0n) is 12.7. The zero-order valence-corrected chi connectivity index (χ0v) is 14.4. The van der Waals surface area contributed by atoms with Gasteiger partial charge in [-0.05, 0) is 0 Å². The Morgan fingerprint density at radius 1 is 0.480 bits per heavy atom. The Bertz CT molecular complexity index is 1450.